The van der Waals surface area contributed by atoms with Crippen molar-refractivity contribution in [3.8, 4) is 5.69 Å². The summed E-state index contributed by atoms with van der Waals surface area (Å²) < 4.78 is 4.13. The van der Waals surface area contributed by atoms with Gasteiger partial charge < -0.3 is 14.8 Å². The summed E-state index contributed by atoms with van der Waals surface area (Å²) in [5, 5.41) is 7.87. The van der Waals surface area contributed by atoms with Gasteiger partial charge in [0, 0.05) is 44.4 Å². The molecule has 0 saturated carbocycles. The van der Waals surface area contributed by atoms with Crippen LogP contribution in [-0.2, 0) is 6.54 Å². The van der Waals surface area contributed by atoms with E-state index >= 15 is 0 Å². The third kappa shape index (κ3) is 5.03. The van der Waals surface area contributed by atoms with Crippen molar-refractivity contribution >= 4 is 29.9 Å². The van der Waals surface area contributed by atoms with Crippen molar-refractivity contribution in [3.63, 3.8) is 0 Å². The number of nitrogens with one attached hydrogen (secondary N) is 1. The lowest BCUT2D eigenvalue weighted by Crippen LogP contribution is -2.49. The molecule has 2 unspecified atom stereocenters. The van der Waals surface area contributed by atoms with Crippen LogP contribution in [0.1, 0.15) is 31.9 Å². The molecule has 8 heteroatoms. The number of guanidine groups is 1. The molecule has 2 atom stereocenters. The van der Waals surface area contributed by atoms with Crippen LogP contribution in [-0.4, -0.2) is 49.8 Å². The van der Waals surface area contributed by atoms with Gasteiger partial charge in [-0.3, -0.25) is 0 Å². The lowest BCUT2D eigenvalue weighted by atomic mass is 9.93. The number of aromatic nitrogens is 4. The lowest BCUT2D eigenvalue weighted by Gasteiger charge is -2.39. The van der Waals surface area contributed by atoms with Crippen molar-refractivity contribution in [2.75, 3.05) is 19.6 Å². The first-order valence-corrected chi connectivity index (χ1v) is 10.3. The summed E-state index contributed by atoms with van der Waals surface area (Å²) in [6.07, 6.45) is 10.8. The van der Waals surface area contributed by atoms with Gasteiger partial charge in [0.1, 0.15) is 0 Å². The first kappa shape index (κ1) is 22.3. The van der Waals surface area contributed by atoms with Crippen molar-refractivity contribution in [1.82, 2.24) is 29.5 Å². The molecule has 0 radical (unpaired) electrons. The Morgan fingerprint density at radius 1 is 1.20 bits per heavy atom. The van der Waals surface area contributed by atoms with Crippen LogP contribution < -0.4 is 5.32 Å². The molecule has 1 aliphatic rings. The number of likely N-dealkylation sites (tertiary alicyclic amines) is 1. The lowest BCUT2D eigenvalue weighted by molar-refractivity contribution is 0.189. The first-order valence-electron chi connectivity index (χ1n) is 10.3. The minimum Gasteiger partial charge on any atom is -0.357 e. The number of benzene rings is 1. The quantitative estimate of drug-likeness (QED) is 0.317. The normalized spacial score (nSPS) is 19.4. The fraction of sp³-hybridized carbons (Fsp3) is 0.409. The SMILES string of the molecule is CCNC(=NCc1ccccc1-n1cccn1)N1CCC(C)C(n2ccnc2)C1.I. The summed E-state index contributed by atoms with van der Waals surface area (Å²) in [5.74, 6) is 1.59. The van der Waals surface area contributed by atoms with E-state index in [1.54, 1.807) is 6.20 Å². The second-order valence-electron chi connectivity index (χ2n) is 7.54. The van der Waals surface area contributed by atoms with Crippen molar-refractivity contribution in [2.45, 2.75) is 32.9 Å². The van der Waals surface area contributed by atoms with Crippen LogP contribution in [0.3, 0.4) is 0 Å². The Labute approximate surface area is 195 Å². The number of piperidine rings is 1. The third-order valence-electron chi connectivity index (χ3n) is 5.60. The molecule has 1 aromatic carbocycles. The van der Waals surface area contributed by atoms with Crippen LogP contribution in [0.4, 0.5) is 0 Å². The maximum atomic E-state index is 4.98. The van der Waals surface area contributed by atoms with E-state index in [1.165, 1.54) is 0 Å². The number of para-hydroxylation sites is 1. The highest BCUT2D eigenvalue weighted by atomic mass is 127. The summed E-state index contributed by atoms with van der Waals surface area (Å²) in [6.45, 7) is 7.85. The monoisotopic (exact) mass is 519 g/mol. The average molecular weight is 519 g/mol. The van der Waals surface area contributed by atoms with Crippen LogP contribution in [0.2, 0.25) is 0 Å². The number of hydrogen-bond donors (Lipinski definition) is 1. The van der Waals surface area contributed by atoms with Gasteiger partial charge in [0.05, 0.1) is 24.6 Å². The summed E-state index contributed by atoms with van der Waals surface area (Å²) in [4.78, 5) is 11.6. The van der Waals surface area contributed by atoms with Gasteiger partial charge in [-0.25, -0.2) is 14.7 Å². The van der Waals surface area contributed by atoms with E-state index in [2.05, 4.69) is 63.1 Å². The van der Waals surface area contributed by atoms with Gasteiger partial charge >= 0.3 is 0 Å². The molecule has 1 aliphatic heterocycles. The predicted octanol–water partition coefficient (Wildman–Crippen LogP) is 3.74. The molecule has 3 heterocycles. The molecule has 1 N–H and O–H groups in total. The standard InChI is InChI=1S/C22H29N7.HI/c1-3-24-22(27-13-9-18(2)21(16-27)28-14-11-23-17-28)25-15-19-7-4-5-8-20(19)29-12-6-10-26-29;/h4-8,10-12,14,17-18,21H,3,9,13,15-16H2,1-2H3,(H,24,25);1H. The molecule has 0 bridgehead atoms. The van der Waals surface area contributed by atoms with Crippen molar-refractivity contribution in [3.05, 3.63) is 67.0 Å². The zero-order valence-corrected chi connectivity index (χ0v) is 19.9. The van der Waals surface area contributed by atoms with Gasteiger partial charge in [0.15, 0.2) is 5.96 Å². The predicted molar refractivity (Wildman–Crippen MR) is 130 cm³/mol. The summed E-state index contributed by atoms with van der Waals surface area (Å²) in [5.41, 5.74) is 2.23. The van der Waals surface area contributed by atoms with E-state index in [0.717, 1.165) is 43.3 Å². The van der Waals surface area contributed by atoms with Crippen LogP contribution in [0, 0.1) is 5.92 Å². The van der Waals surface area contributed by atoms with E-state index in [9.17, 15) is 0 Å². The number of hydrogen-bond acceptors (Lipinski definition) is 3. The smallest absolute Gasteiger partial charge is 0.194 e. The van der Waals surface area contributed by atoms with E-state index in [0.29, 0.717) is 18.5 Å². The zero-order valence-electron chi connectivity index (χ0n) is 17.6. The van der Waals surface area contributed by atoms with Gasteiger partial charge in [-0.15, -0.1) is 24.0 Å². The second-order valence-corrected chi connectivity index (χ2v) is 7.54. The molecule has 1 saturated heterocycles. The van der Waals surface area contributed by atoms with E-state index in [1.807, 2.05) is 35.5 Å². The Morgan fingerprint density at radius 2 is 2.07 bits per heavy atom. The molecular weight excluding hydrogens is 489 g/mol. The summed E-state index contributed by atoms with van der Waals surface area (Å²) in [7, 11) is 0. The molecule has 2 aromatic heterocycles. The number of aliphatic imine (C=N–C) groups is 1. The fourth-order valence-corrected chi connectivity index (χ4v) is 3.96. The molecule has 0 aliphatic carbocycles. The van der Waals surface area contributed by atoms with Gasteiger partial charge in [-0.05, 0) is 37.0 Å². The zero-order chi connectivity index (χ0) is 20.1. The highest BCUT2D eigenvalue weighted by Crippen LogP contribution is 2.27. The van der Waals surface area contributed by atoms with E-state index in [-0.39, 0.29) is 24.0 Å². The minimum atomic E-state index is 0. The minimum absolute atomic E-state index is 0. The summed E-state index contributed by atoms with van der Waals surface area (Å²) in [6, 6.07) is 10.7. The molecule has 1 fully saturated rings. The van der Waals surface area contributed by atoms with Gasteiger partial charge in [0.2, 0.25) is 0 Å². The number of halogens is 1. The molecular formula is C22H30IN7. The van der Waals surface area contributed by atoms with Crippen LogP contribution in [0.5, 0.6) is 0 Å². The molecule has 4 rings (SSSR count). The maximum Gasteiger partial charge on any atom is 0.194 e. The average Bonchev–Trinajstić information content (AvgIpc) is 3.46. The highest BCUT2D eigenvalue weighted by molar-refractivity contribution is 14.0. The van der Waals surface area contributed by atoms with Crippen LogP contribution in [0.25, 0.3) is 5.69 Å². The molecule has 7 nitrogen and oxygen atoms in total. The maximum absolute atomic E-state index is 4.98. The fourth-order valence-electron chi connectivity index (χ4n) is 3.96. The Bertz CT molecular complexity index is 921. The Kier molecular flexibility index (Phi) is 7.89. The Hall–Kier alpha value is -2.36. The van der Waals surface area contributed by atoms with Crippen LogP contribution in [0.15, 0.2) is 66.4 Å². The second kappa shape index (κ2) is 10.6. The highest BCUT2D eigenvalue weighted by Gasteiger charge is 2.28. The third-order valence-corrected chi connectivity index (χ3v) is 5.60. The van der Waals surface area contributed by atoms with Crippen molar-refractivity contribution in [1.29, 1.82) is 0 Å². The van der Waals surface area contributed by atoms with Crippen molar-refractivity contribution in [2.24, 2.45) is 10.9 Å². The molecule has 160 valence electrons. The summed E-state index contributed by atoms with van der Waals surface area (Å²) >= 11 is 0. The van der Waals surface area contributed by atoms with Crippen molar-refractivity contribution < 1.29 is 0 Å². The van der Waals surface area contributed by atoms with Crippen LogP contribution >= 0.6 is 24.0 Å². The topological polar surface area (TPSA) is 63.3 Å². The van der Waals surface area contributed by atoms with Gasteiger partial charge in [-0.2, -0.15) is 5.10 Å². The molecule has 30 heavy (non-hydrogen) atoms. The number of imidazole rings is 1. The van der Waals surface area contributed by atoms with E-state index in [4.69, 9.17) is 4.99 Å². The number of nitrogens with zero attached hydrogens (tertiary/aromatic N) is 6. The molecule has 3 aromatic rings. The largest absolute Gasteiger partial charge is 0.357 e. The van der Waals surface area contributed by atoms with Gasteiger partial charge in [0.25, 0.3) is 0 Å². The Morgan fingerprint density at radius 3 is 2.80 bits per heavy atom. The van der Waals surface area contributed by atoms with Gasteiger partial charge in [-0.1, -0.05) is 25.1 Å². The first-order chi connectivity index (χ1) is 14.3. The van der Waals surface area contributed by atoms with E-state index < -0.39 is 0 Å². The molecule has 0 amide bonds. The number of rotatable bonds is 5. The Balaban J connectivity index is 0.00000256. The molecule has 0 spiro atoms.